The van der Waals surface area contributed by atoms with E-state index in [1.807, 2.05) is 0 Å². The fourth-order valence-corrected chi connectivity index (χ4v) is 3.41. The van der Waals surface area contributed by atoms with Crippen LogP contribution < -0.4 is 5.32 Å². The summed E-state index contributed by atoms with van der Waals surface area (Å²) in [5.41, 5.74) is 0.233. The average Bonchev–Trinajstić information content (AvgIpc) is 2.16. The molecule has 2 saturated carbocycles. The van der Waals surface area contributed by atoms with Gasteiger partial charge in [0.2, 0.25) is 0 Å². The zero-order chi connectivity index (χ0) is 10.1. The highest BCUT2D eigenvalue weighted by Gasteiger charge is 2.41. The third-order valence-corrected chi connectivity index (χ3v) is 4.63. The molecule has 15 heavy (non-hydrogen) atoms. The second kappa shape index (κ2) is 4.06. The Morgan fingerprint density at radius 2 is 1.80 bits per heavy atom. The van der Waals surface area contributed by atoms with E-state index in [4.69, 9.17) is 4.74 Å². The Bertz CT molecular complexity index is 213. The van der Waals surface area contributed by atoms with Crippen molar-refractivity contribution in [3.8, 4) is 0 Å². The molecule has 1 atom stereocenters. The van der Waals surface area contributed by atoms with Gasteiger partial charge < -0.3 is 10.1 Å². The van der Waals surface area contributed by atoms with Crippen molar-refractivity contribution >= 4 is 0 Å². The maximum atomic E-state index is 6.46. The first-order valence-corrected chi connectivity index (χ1v) is 6.77. The number of rotatable bonds is 1. The molecule has 1 saturated heterocycles. The minimum absolute atomic E-state index is 0.233. The van der Waals surface area contributed by atoms with Crippen molar-refractivity contribution in [3.63, 3.8) is 0 Å². The Morgan fingerprint density at radius 3 is 2.47 bits per heavy atom. The molecule has 1 spiro atoms. The van der Waals surface area contributed by atoms with E-state index < -0.39 is 0 Å². The largest absolute Gasteiger partial charge is 0.369 e. The van der Waals surface area contributed by atoms with Gasteiger partial charge in [0.25, 0.3) is 0 Å². The van der Waals surface area contributed by atoms with Gasteiger partial charge in [-0.05, 0) is 31.6 Å². The Balaban J connectivity index is 1.63. The Labute approximate surface area is 92.8 Å². The minimum atomic E-state index is 0.233. The van der Waals surface area contributed by atoms with Gasteiger partial charge in [0, 0.05) is 13.1 Å². The predicted molar refractivity (Wildman–Crippen MR) is 60.9 cm³/mol. The van der Waals surface area contributed by atoms with Crippen LogP contribution in [-0.2, 0) is 4.74 Å². The number of morpholine rings is 1. The first kappa shape index (κ1) is 10.1. The molecule has 3 rings (SSSR count). The highest BCUT2D eigenvalue weighted by Crippen LogP contribution is 2.39. The molecule has 3 fully saturated rings. The molecule has 2 heteroatoms. The lowest BCUT2D eigenvalue weighted by molar-refractivity contribution is -0.160. The smallest absolute Gasteiger partial charge is 0.0810 e. The van der Waals surface area contributed by atoms with Crippen LogP contribution in [0, 0.1) is 5.92 Å². The van der Waals surface area contributed by atoms with Crippen LogP contribution in [-0.4, -0.2) is 24.8 Å². The topological polar surface area (TPSA) is 21.3 Å². The molecule has 2 aliphatic carbocycles. The SMILES string of the molecule is C1CCC2(CC1)CNCC(C1CCC1)O2. The molecule has 0 aromatic heterocycles. The summed E-state index contributed by atoms with van der Waals surface area (Å²) in [6, 6.07) is 0. The van der Waals surface area contributed by atoms with E-state index in [1.165, 1.54) is 51.4 Å². The highest BCUT2D eigenvalue weighted by atomic mass is 16.5. The lowest BCUT2D eigenvalue weighted by Gasteiger charge is -2.48. The summed E-state index contributed by atoms with van der Waals surface area (Å²) in [5.74, 6) is 0.872. The summed E-state index contributed by atoms with van der Waals surface area (Å²) < 4.78 is 6.46. The molecular formula is C13H23NO. The van der Waals surface area contributed by atoms with E-state index in [1.54, 1.807) is 0 Å². The Kier molecular flexibility index (Phi) is 2.73. The van der Waals surface area contributed by atoms with E-state index in [9.17, 15) is 0 Å². The van der Waals surface area contributed by atoms with Gasteiger partial charge in [-0.15, -0.1) is 0 Å². The number of hydrogen-bond acceptors (Lipinski definition) is 2. The van der Waals surface area contributed by atoms with Crippen molar-refractivity contribution in [1.82, 2.24) is 5.32 Å². The zero-order valence-electron chi connectivity index (χ0n) is 9.63. The van der Waals surface area contributed by atoms with Crippen molar-refractivity contribution in [2.24, 2.45) is 5.92 Å². The fourth-order valence-electron chi connectivity index (χ4n) is 3.41. The minimum Gasteiger partial charge on any atom is -0.369 e. The van der Waals surface area contributed by atoms with Gasteiger partial charge in [0.05, 0.1) is 11.7 Å². The number of nitrogens with one attached hydrogen (secondary N) is 1. The van der Waals surface area contributed by atoms with Crippen molar-refractivity contribution in [1.29, 1.82) is 0 Å². The van der Waals surface area contributed by atoms with E-state index in [-0.39, 0.29) is 5.60 Å². The van der Waals surface area contributed by atoms with E-state index >= 15 is 0 Å². The van der Waals surface area contributed by atoms with Crippen molar-refractivity contribution < 1.29 is 4.74 Å². The Morgan fingerprint density at radius 1 is 1.00 bits per heavy atom. The van der Waals surface area contributed by atoms with Gasteiger partial charge in [-0.2, -0.15) is 0 Å². The molecule has 0 aromatic rings. The van der Waals surface area contributed by atoms with Gasteiger partial charge in [-0.3, -0.25) is 0 Å². The molecule has 0 radical (unpaired) electrons. The van der Waals surface area contributed by atoms with Crippen molar-refractivity contribution in [2.45, 2.75) is 63.1 Å². The van der Waals surface area contributed by atoms with Crippen LogP contribution in [0.25, 0.3) is 0 Å². The van der Waals surface area contributed by atoms with E-state index in [0.717, 1.165) is 19.0 Å². The second-order valence-corrected chi connectivity index (χ2v) is 5.72. The number of hydrogen-bond donors (Lipinski definition) is 1. The van der Waals surface area contributed by atoms with Gasteiger partial charge in [0.15, 0.2) is 0 Å². The summed E-state index contributed by atoms with van der Waals surface area (Å²) in [5, 5.41) is 3.62. The first-order valence-electron chi connectivity index (χ1n) is 6.77. The predicted octanol–water partition coefficient (Wildman–Crippen LogP) is 2.48. The van der Waals surface area contributed by atoms with E-state index in [0.29, 0.717) is 6.10 Å². The standard InChI is InChI=1S/C13H23NO/c1-2-7-13(8-3-1)10-14-9-12(15-13)11-5-4-6-11/h11-12,14H,1-10H2. The molecule has 2 nitrogen and oxygen atoms in total. The number of ether oxygens (including phenoxy) is 1. The normalized spacial score (nSPS) is 36.4. The summed E-state index contributed by atoms with van der Waals surface area (Å²) in [4.78, 5) is 0. The molecule has 3 aliphatic rings. The fraction of sp³-hybridized carbons (Fsp3) is 1.00. The highest BCUT2D eigenvalue weighted by molar-refractivity contribution is 4.94. The van der Waals surface area contributed by atoms with Crippen molar-refractivity contribution in [2.75, 3.05) is 13.1 Å². The summed E-state index contributed by atoms with van der Waals surface area (Å²) in [7, 11) is 0. The molecule has 1 unspecified atom stereocenters. The van der Waals surface area contributed by atoms with Crippen LogP contribution in [0.2, 0.25) is 0 Å². The summed E-state index contributed by atoms with van der Waals surface area (Å²) in [6.45, 7) is 2.21. The molecule has 0 bridgehead atoms. The van der Waals surface area contributed by atoms with Gasteiger partial charge in [0.1, 0.15) is 0 Å². The molecule has 86 valence electrons. The van der Waals surface area contributed by atoms with Crippen LogP contribution in [0.5, 0.6) is 0 Å². The molecular weight excluding hydrogens is 186 g/mol. The van der Waals surface area contributed by atoms with Crippen LogP contribution >= 0.6 is 0 Å². The molecule has 1 heterocycles. The van der Waals surface area contributed by atoms with Crippen molar-refractivity contribution in [3.05, 3.63) is 0 Å². The molecule has 1 aliphatic heterocycles. The zero-order valence-corrected chi connectivity index (χ0v) is 9.63. The van der Waals surface area contributed by atoms with Gasteiger partial charge >= 0.3 is 0 Å². The van der Waals surface area contributed by atoms with Crippen LogP contribution in [0.1, 0.15) is 51.4 Å². The third kappa shape index (κ3) is 1.94. The van der Waals surface area contributed by atoms with Gasteiger partial charge in [-0.1, -0.05) is 25.7 Å². The van der Waals surface area contributed by atoms with Crippen LogP contribution in [0.15, 0.2) is 0 Å². The Hall–Kier alpha value is -0.0800. The maximum absolute atomic E-state index is 6.46. The molecule has 0 aromatic carbocycles. The third-order valence-electron chi connectivity index (χ3n) is 4.63. The average molecular weight is 209 g/mol. The summed E-state index contributed by atoms with van der Waals surface area (Å²) in [6.07, 6.45) is 11.5. The van der Waals surface area contributed by atoms with Crippen LogP contribution in [0.3, 0.4) is 0 Å². The quantitative estimate of drug-likeness (QED) is 0.716. The monoisotopic (exact) mass is 209 g/mol. The lowest BCUT2D eigenvalue weighted by atomic mass is 9.78. The van der Waals surface area contributed by atoms with E-state index in [2.05, 4.69) is 5.32 Å². The first-order chi connectivity index (χ1) is 7.38. The van der Waals surface area contributed by atoms with Gasteiger partial charge in [-0.25, -0.2) is 0 Å². The second-order valence-electron chi connectivity index (χ2n) is 5.72. The maximum Gasteiger partial charge on any atom is 0.0810 e. The summed E-state index contributed by atoms with van der Waals surface area (Å²) >= 11 is 0. The lowest BCUT2D eigenvalue weighted by Crippen LogP contribution is -2.57. The molecule has 1 N–H and O–H groups in total. The van der Waals surface area contributed by atoms with Crippen LogP contribution in [0.4, 0.5) is 0 Å². The molecule has 0 amide bonds.